The first-order valence-corrected chi connectivity index (χ1v) is 7.14. The second-order valence-corrected chi connectivity index (χ2v) is 5.30. The van der Waals surface area contributed by atoms with Crippen molar-refractivity contribution in [3.8, 4) is 11.5 Å². The number of aromatic nitrogens is 3. The molecule has 2 heterocycles. The minimum Gasteiger partial charge on any atom is -0.497 e. The van der Waals surface area contributed by atoms with Crippen molar-refractivity contribution < 1.29 is 9.47 Å². The number of nitrogens with zero attached hydrogens (tertiary/aromatic N) is 3. The molecule has 0 amide bonds. The first kappa shape index (κ1) is 13.9. The molecule has 21 heavy (non-hydrogen) atoms. The zero-order valence-electron chi connectivity index (χ0n) is 12.3. The van der Waals surface area contributed by atoms with Gasteiger partial charge in [0.25, 0.3) is 0 Å². The fourth-order valence-corrected chi connectivity index (χ4v) is 2.52. The molecule has 1 aromatic carbocycles. The molecule has 112 valence electrons. The molecular formula is C15H20N4O2. The molecule has 1 aliphatic heterocycles. The third-order valence-electron chi connectivity index (χ3n) is 3.86. The van der Waals surface area contributed by atoms with Crippen LogP contribution in [0, 0.1) is 0 Å². The summed E-state index contributed by atoms with van der Waals surface area (Å²) in [6.07, 6.45) is 1.83. The van der Waals surface area contributed by atoms with Gasteiger partial charge in [0, 0.05) is 18.5 Å². The van der Waals surface area contributed by atoms with Crippen LogP contribution in [0.3, 0.4) is 0 Å². The van der Waals surface area contributed by atoms with Gasteiger partial charge in [0.05, 0.1) is 13.2 Å². The van der Waals surface area contributed by atoms with Crippen LogP contribution in [-0.2, 0) is 13.0 Å². The van der Waals surface area contributed by atoms with Gasteiger partial charge in [0.15, 0.2) is 5.82 Å². The van der Waals surface area contributed by atoms with Crippen molar-refractivity contribution in [2.45, 2.75) is 38.5 Å². The lowest BCUT2D eigenvalue weighted by Crippen LogP contribution is -2.36. The van der Waals surface area contributed by atoms with Crippen LogP contribution in [-0.4, -0.2) is 27.9 Å². The number of nitrogens with two attached hydrogens (primary N) is 1. The van der Waals surface area contributed by atoms with Crippen LogP contribution in [0.25, 0.3) is 0 Å². The highest BCUT2D eigenvalue weighted by Crippen LogP contribution is 2.23. The topological polar surface area (TPSA) is 75.2 Å². The normalized spacial score (nSPS) is 20.9. The Morgan fingerprint density at radius 3 is 3.00 bits per heavy atom. The highest BCUT2D eigenvalue weighted by Gasteiger charge is 2.25. The van der Waals surface area contributed by atoms with Crippen LogP contribution in [0.5, 0.6) is 11.5 Å². The molecule has 1 aliphatic rings. The van der Waals surface area contributed by atoms with Gasteiger partial charge in [-0.15, -0.1) is 0 Å². The second kappa shape index (κ2) is 5.73. The number of ether oxygens (including phenoxy) is 2. The van der Waals surface area contributed by atoms with Crippen molar-refractivity contribution in [3.63, 3.8) is 0 Å². The monoisotopic (exact) mass is 288 g/mol. The van der Waals surface area contributed by atoms with Gasteiger partial charge in [0.1, 0.15) is 23.9 Å². The van der Waals surface area contributed by atoms with E-state index in [1.807, 2.05) is 28.9 Å². The Labute approximate surface area is 123 Å². The average Bonchev–Trinajstić information content (AvgIpc) is 2.93. The number of aryl methyl sites for hydroxylation is 1. The van der Waals surface area contributed by atoms with E-state index in [9.17, 15) is 0 Å². The van der Waals surface area contributed by atoms with Gasteiger partial charge >= 0.3 is 0 Å². The summed E-state index contributed by atoms with van der Waals surface area (Å²) in [5, 5.41) is 4.51. The van der Waals surface area contributed by atoms with Crippen LogP contribution in [0.2, 0.25) is 0 Å². The Kier molecular flexibility index (Phi) is 3.79. The van der Waals surface area contributed by atoms with Gasteiger partial charge < -0.3 is 15.2 Å². The van der Waals surface area contributed by atoms with Crippen molar-refractivity contribution in [3.05, 3.63) is 35.9 Å². The molecule has 0 fully saturated rings. The average molecular weight is 288 g/mol. The lowest BCUT2D eigenvalue weighted by atomic mass is 10.0. The van der Waals surface area contributed by atoms with E-state index in [0.29, 0.717) is 12.4 Å². The number of methoxy groups -OCH3 is 1. The maximum Gasteiger partial charge on any atom is 0.188 e. The Balaban J connectivity index is 1.70. The number of benzene rings is 1. The SMILES string of the molecule is COc1cccc(OCc2nc3n(n2)C(C)C(N)CC3)c1. The summed E-state index contributed by atoms with van der Waals surface area (Å²) in [5.41, 5.74) is 6.07. The highest BCUT2D eigenvalue weighted by atomic mass is 16.5. The standard InChI is InChI=1S/C15H20N4O2/c1-10-13(16)6-7-15-17-14(18-19(10)15)9-21-12-5-3-4-11(8-12)20-2/h3-5,8,10,13H,6-7,9,16H2,1-2H3. The Hall–Kier alpha value is -2.08. The molecule has 0 saturated heterocycles. The van der Waals surface area contributed by atoms with Crippen molar-refractivity contribution in [1.82, 2.24) is 14.8 Å². The van der Waals surface area contributed by atoms with Gasteiger partial charge in [-0.3, -0.25) is 0 Å². The van der Waals surface area contributed by atoms with E-state index in [1.54, 1.807) is 7.11 Å². The summed E-state index contributed by atoms with van der Waals surface area (Å²) < 4.78 is 12.8. The van der Waals surface area contributed by atoms with E-state index in [4.69, 9.17) is 15.2 Å². The van der Waals surface area contributed by atoms with Gasteiger partial charge in [-0.25, -0.2) is 9.67 Å². The number of fused-ring (bicyclic) bond motifs is 1. The first-order valence-electron chi connectivity index (χ1n) is 7.14. The molecule has 1 aromatic heterocycles. The summed E-state index contributed by atoms with van der Waals surface area (Å²) in [6, 6.07) is 7.83. The van der Waals surface area contributed by atoms with Gasteiger partial charge in [-0.05, 0) is 25.5 Å². The van der Waals surface area contributed by atoms with Crippen LogP contribution in [0.15, 0.2) is 24.3 Å². The maximum absolute atomic E-state index is 6.07. The molecule has 2 N–H and O–H groups in total. The summed E-state index contributed by atoms with van der Waals surface area (Å²) in [7, 11) is 1.63. The fourth-order valence-electron chi connectivity index (χ4n) is 2.52. The minimum atomic E-state index is 0.145. The van der Waals surface area contributed by atoms with E-state index < -0.39 is 0 Å². The lowest BCUT2D eigenvalue weighted by Gasteiger charge is -2.25. The summed E-state index contributed by atoms with van der Waals surface area (Å²) in [5.74, 6) is 3.19. The van der Waals surface area contributed by atoms with Crippen molar-refractivity contribution in [2.24, 2.45) is 5.73 Å². The molecular weight excluding hydrogens is 268 g/mol. The molecule has 6 nitrogen and oxygen atoms in total. The molecule has 6 heteroatoms. The van der Waals surface area contributed by atoms with Crippen molar-refractivity contribution in [1.29, 1.82) is 0 Å². The second-order valence-electron chi connectivity index (χ2n) is 5.30. The number of rotatable bonds is 4. The molecule has 0 aliphatic carbocycles. The van der Waals surface area contributed by atoms with E-state index in [2.05, 4.69) is 17.0 Å². The summed E-state index contributed by atoms with van der Waals surface area (Å²) in [6.45, 7) is 2.42. The fraction of sp³-hybridized carbons (Fsp3) is 0.467. The Bertz CT molecular complexity index is 626. The zero-order valence-corrected chi connectivity index (χ0v) is 12.3. The third kappa shape index (κ3) is 2.85. The maximum atomic E-state index is 6.07. The molecule has 0 bridgehead atoms. The largest absolute Gasteiger partial charge is 0.497 e. The Morgan fingerprint density at radius 1 is 1.38 bits per heavy atom. The van der Waals surface area contributed by atoms with E-state index >= 15 is 0 Å². The summed E-state index contributed by atoms with van der Waals surface area (Å²) in [4.78, 5) is 4.53. The van der Waals surface area contributed by atoms with Gasteiger partial charge in [0.2, 0.25) is 0 Å². The molecule has 0 saturated carbocycles. The molecule has 3 rings (SSSR count). The van der Waals surface area contributed by atoms with E-state index in [-0.39, 0.29) is 12.1 Å². The molecule has 2 unspecified atom stereocenters. The van der Waals surface area contributed by atoms with Crippen LogP contribution >= 0.6 is 0 Å². The first-order chi connectivity index (χ1) is 10.2. The van der Waals surface area contributed by atoms with E-state index in [0.717, 1.165) is 30.2 Å². The van der Waals surface area contributed by atoms with Crippen molar-refractivity contribution >= 4 is 0 Å². The molecule has 0 radical (unpaired) electrons. The van der Waals surface area contributed by atoms with E-state index in [1.165, 1.54) is 0 Å². The quantitative estimate of drug-likeness (QED) is 0.926. The van der Waals surface area contributed by atoms with Crippen molar-refractivity contribution in [2.75, 3.05) is 7.11 Å². The van der Waals surface area contributed by atoms with Crippen LogP contribution < -0.4 is 15.2 Å². The lowest BCUT2D eigenvalue weighted by molar-refractivity contribution is 0.289. The van der Waals surface area contributed by atoms with Gasteiger partial charge in [-0.1, -0.05) is 6.07 Å². The minimum absolute atomic E-state index is 0.145. The Morgan fingerprint density at radius 2 is 2.19 bits per heavy atom. The zero-order chi connectivity index (χ0) is 14.8. The molecule has 0 spiro atoms. The van der Waals surface area contributed by atoms with Crippen LogP contribution in [0.4, 0.5) is 0 Å². The third-order valence-corrected chi connectivity index (χ3v) is 3.86. The summed E-state index contributed by atoms with van der Waals surface area (Å²) >= 11 is 0. The smallest absolute Gasteiger partial charge is 0.188 e. The number of hydrogen-bond acceptors (Lipinski definition) is 5. The molecule has 2 aromatic rings. The number of hydrogen-bond donors (Lipinski definition) is 1. The predicted octanol–water partition coefficient (Wildman–Crippen LogP) is 1.70. The van der Waals surface area contributed by atoms with Crippen LogP contribution in [0.1, 0.15) is 31.0 Å². The highest BCUT2D eigenvalue weighted by molar-refractivity contribution is 5.32. The van der Waals surface area contributed by atoms with Gasteiger partial charge in [-0.2, -0.15) is 5.10 Å². The predicted molar refractivity (Wildman–Crippen MR) is 78.4 cm³/mol. The molecule has 2 atom stereocenters.